The van der Waals surface area contributed by atoms with Crippen molar-refractivity contribution < 1.29 is 35.9 Å². The van der Waals surface area contributed by atoms with Crippen LogP contribution in [0.4, 0.5) is 31.1 Å². The molecule has 0 saturated carbocycles. The molecule has 0 bridgehead atoms. The number of aromatic nitrogens is 1. The Morgan fingerprint density at radius 3 is 2.34 bits per heavy atom. The Balaban J connectivity index is 1.57. The molecule has 38 heavy (non-hydrogen) atoms. The van der Waals surface area contributed by atoms with Gasteiger partial charge >= 0.3 is 12.4 Å². The average Bonchev–Trinajstić information content (AvgIpc) is 3.32. The number of fused-ring (bicyclic) bond motifs is 1. The zero-order valence-electron chi connectivity index (χ0n) is 20.4. The summed E-state index contributed by atoms with van der Waals surface area (Å²) in [5.41, 5.74) is -1.81. The molecule has 1 fully saturated rings. The Hall–Kier alpha value is -3.25. The fourth-order valence-electron chi connectivity index (χ4n) is 4.17. The molecule has 3 aromatic rings. The largest absolute Gasteiger partial charge is 0.416 e. The van der Waals surface area contributed by atoms with Gasteiger partial charge in [0, 0.05) is 30.2 Å². The Morgan fingerprint density at radius 1 is 0.947 bits per heavy atom. The predicted molar refractivity (Wildman–Crippen MR) is 133 cm³/mol. The summed E-state index contributed by atoms with van der Waals surface area (Å²) in [6.07, 6.45) is -6.07. The van der Waals surface area contributed by atoms with Gasteiger partial charge in [-0.3, -0.25) is 14.5 Å². The summed E-state index contributed by atoms with van der Waals surface area (Å²) < 4.78 is 81.1. The normalized spacial score (nSPS) is 16.0. The molecule has 2 heterocycles. The first-order valence-electron chi connectivity index (χ1n) is 11.5. The van der Waals surface area contributed by atoms with E-state index in [0.717, 1.165) is 24.4 Å². The number of hydrogen-bond donors (Lipinski definition) is 0. The van der Waals surface area contributed by atoms with E-state index < -0.39 is 23.5 Å². The molecular weight excluding hydrogens is 532 g/mol. The van der Waals surface area contributed by atoms with Crippen LogP contribution in [0.15, 0.2) is 53.6 Å². The Kier molecular flexibility index (Phi) is 7.67. The topological polar surface area (TPSA) is 45.5 Å². The monoisotopic (exact) mass is 555 g/mol. The Morgan fingerprint density at radius 2 is 1.68 bits per heavy atom. The van der Waals surface area contributed by atoms with Gasteiger partial charge in [0.05, 0.1) is 16.0 Å². The number of carbonyl (C=O) groups excluding carboxylic acids is 2. The standard InChI is InChI=1S/C26H23F6N3O2S/c1-33(2)9-3-10-35-23(36)22(38-24(35)37)13-16-4-7-21-17(12-16)8-11-34(21)15-18-5-6-19(25(27,28)29)14-20(18)26(30,31)32/h4-8,11-14H,3,9-10,15H2,1-2H3/b22-13-. The van der Waals surface area contributed by atoms with Gasteiger partial charge in [0.1, 0.15) is 0 Å². The molecule has 4 rings (SSSR count). The van der Waals surface area contributed by atoms with E-state index in [0.29, 0.717) is 35.5 Å². The van der Waals surface area contributed by atoms with Crippen molar-refractivity contribution in [2.24, 2.45) is 0 Å². The molecular formula is C26H23F6N3O2S. The first-order chi connectivity index (χ1) is 17.7. The van der Waals surface area contributed by atoms with E-state index in [2.05, 4.69) is 0 Å². The van der Waals surface area contributed by atoms with Crippen LogP contribution in [0.3, 0.4) is 0 Å². The lowest BCUT2D eigenvalue weighted by Gasteiger charge is -2.17. The number of halogens is 6. The molecule has 5 nitrogen and oxygen atoms in total. The van der Waals surface area contributed by atoms with E-state index >= 15 is 0 Å². The molecule has 0 unspecified atom stereocenters. The fourth-order valence-corrected chi connectivity index (χ4v) is 5.04. The van der Waals surface area contributed by atoms with E-state index in [1.807, 2.05) is 19.0 Å². The molecule has 0 aliphatic carbocycles. The minimum Gasteiger partial charge on any atom is -0.343 e. The lowest BCUT2D eigenvalue weighted by molar-refractivity contribution is -0.143. The second-order valence-electron chi connectivity index (χ2n) is 9.12. The van der Waals surface area contributed by atoms with Crippen LogP contribution < -0.4 is 0 Å². The maximum Gasteiger partial charge on any atom is 0.416 e. The first-order valence-corrected chi connectivity index (χ1v) is 12.3. The van der Waals surface area contributed by atoms with Crippen molar-refractivity contribution in [3.05, 3.63) is 75.8 Å². The third-order valence-electron chi connectivity index (χ3n) is 6.04. The number of nitrogens with zero attached hydrogens (tertiary/aromatic N) is 3. The highest BCUT2D eigenvalue weighted by Gasteiger charge is 2.38. The van der Waals surface area contributed by atoms with Gasteiger partial charge in [0.25, 0.3) is 11.1 Å². The highest BCUT2D eigenvalue weighted by Crippen LogP contribution is 2.38. The van der Waals surface area contributed by atoms with Crippen LogP contribution in [0.25, 0.3) is 17.0 Å². The number of alkyl halides is 6. The highest BCUT2D eigenvalue weighted by molar-refractivity contribution is 8.18. The van der Waals surface area contributed by atoms with E-state index in [-0.39, 0.29) is 34.2 Å². The minimum atomic E-state index is -4.96. The molecule has 1 saturated heterocycles. The summed E-state index contributed by atoms with van der Waals surface area (Å²) in [4.78, 5) is 28.4. The second kappa shape index (κ2) is 10.5. The summed E-state index contributed by atoms with van der Waals surface area (Å²) in [5, 5.41) is 0.314. The molecule has 0 spiro atoms. The van der Waals surface area contributed by atoms with Crippen LogP contribution in [0.5, 0.6) is 0 Å². The van der Waals surface area contributed by atoms with Crippen molar-refractivity contribution in [2.45, 2.75) is 25.3 Å². The average molecular weight is 556 g/mol. The molecule has 1 aliphatic heterocycles. The van der Waals surface area contributed by atoms with E-state index in [1.165, 1.54) is 9.47 Å². The van der Waals surface area contributed by atoms with Gasteiger partial charge in [-0.25, -0.2) is 0 Å². The summed E-state index contributed by atoms with van der Waals surface area (Å²) in [7, 11) is 3.80. The zero-order chi connectivity index (χ0) is 27.8. The van der Waals surface area contributed by atoms with Crippen LogP contribution in [0, 0.1) is 0 Å². The lowest BCUT2D eigenvalue weighted by Crippen LogP contribution is -2.31. The van der Waals surface area contributed by atoms with Crippen LogP contribution >= 0.6 is 11.8 Å². The number of rotatable bonds is 7. The summed E-state index contributed by atoms with van der Waals surface area (Å²) >= 11 is 0.848. The zero-order valence-corrected chi connectivity index (χ0v) is 21.2. The van der Waals surface area contributed by atoms with Crippen molar-refractivity contribution in [3.8, 4) is 0 Å². The predicted octanol–water partition coefficient (Wildman–Crippen LogP) is 6.72. The van der Waals surface area contributed by atoms with E-state index in [1.54, 1.807) is 36.5 Å². The summed E-state index contributed by atoms with van der Waals surface area (Å²) in [6.45, 7) is 0.749. The van der Waals surface area contributed by atoms with E-state index in [9.17, 15) is 35.9 Å². The molecule has 202 valence electrons. The van der Waals surface area contributed by atoms with Crippen molar-refractivity contribution in [2.75, 3.05) is 27.2 Å². The van der Waals surface area contributed by atoms with Crippen LogP contribution in [-0.2, 0) is 23.7 Å². The fraction of sp³-hybridized carbons (Fsp3) is 0.308. The molecule has 2 amide bonds. The molecule has 0 radical (unpaired) electrons. The van der Waals surface area contributed by atoms with Gasteiger partial charge in [-0.1, -0.05) is 12.1 Å². The Labute approximate surface area is 218 Å². The van der Waals surface area contributed by atoms with Gasteiger partial charge in [0.15, 0.2) is 0 Å². The maximum atomic E-state index is 13.6. The molecule has 0 atom stereocenters. The van der Waals surface area contributed by atoms with Crippen molar-refractivity contribution in [3.63, 3.8) is 0 Å². The van der Waals surface area contributed by atoms with Crippen molar-refractivity contribution in [1.29, 1.82) is 0 Å². The maximum absolute atomic E-state index is 13.6. The number of amides is 2. The van der Waals surface area contributed by atoms with Crippen LogP contribution in [0.1, 0.15) is 28.7 Å². The number of imide groups is 1. The minimum absolute atomic E-state index is 0.132. The molecule has 12 heteroatoms. The third kappa shape index (κ3) is 6.07. The van der Waals surface area contributed by atoms with Gasteiger partial charge in [-0.15, -0.1) is 0 Å². The van der Waals surface area contributed by atoms with Crippen LogP contribution in [-0.4, -0.2) is 52.7 Å². The number of carbonyl (C=O) groups is 2. The Bertz CT molecular complexity index is 1410. The van der Waals surface area contributed by atoms with Crippen LogP contribution in [0.2, 0.25) is 0 Å². The van der Waals surface area contributed by atoms with Gasteiger partial charge in [0.2, 0.25) is 0 Å². The van der Waals surface area contributed by atoms with Gasteiger partial charge < -0.3 is 9.47 Å². The summed E-state index contributed by atoms with van der Waals surface area (Å²) in [5.74, 6) is -0.376. The second-order valence-corrected chi connectivity index (χ2v) is 10.1. The molecule has 1 aliphatic rings. The number of thioether (sulfide) groups is 1. The SMILES string of the molecule is CN(C)CCCN1C(=O)S/C(=C\c2ccc3c(ccn3Cc3ccc(C(F)(F)F)cc3C(F)(F)F)c2)C1=O. The first kappa shape index (κ1) is 27.8. The number of benzene rings is 2. The van der Waals surface area contributed by atoms with Crippen molar-refractivity contribution >= 4 is 39.9 Å². The smallest absolute Gasteiger partial charge is 0.343 e. The number of hydrogen-bond acceptors (Lipinski definition) is 4. The molecule has 1 aromatic heterocycles. The van der Waals surface area contributed by atoms with Crippen molar-refractivity contribution in [1.82, 2.24) is 14.4 Å². The van der Waals surface area contributed by atoms with Gasteiger partial charge in [-0.05, 0) is 86.4 Å². The molecule has 2 aromatic carbocycles. The van der Waals surface area contributed by atoms with Gasteiger partial charge in [-0.2, -0.15) is 26.3 Å². The highest BCUT2D eigenvalue weighted by atomic mass is 32.2. The molecule has 0 N–H and O–H groups in total. The van der Waals surface area contributed by atoms with E-state index in [4.69, 9.17) is 0 Å². The quantitative estimate of drug-likeness (QED) is 0.240. The summed E-state index contributed by atoms with van der Waals surface area (Å²) in [6, 6.07) is 8.32. The lowest BCUT2D eigenvalue weighted by atomic mass is 10.0. The third-order valence-corrected chi connectivity index (χ3v) is 6.94.